The van der Waals surface area contributed by atoms with E-state index in [0.717, 1.165) is 0 Å². The highest BCUT2D eigenvalue weighted by Gasteiger charge is 2.11. The standard InChI is InChI=1S/C10H14NO2/c1-10(2,12)6-8-13-9-5-3-4-7-11-9/h3,5,7,12H,6,8H2,1-2H3. The second kappa shape index (κ2) is 4.23. The second-order valence-electron chi connectivity index (χ2n) is 3.51. The van der Waals surface area contributed by atoms with E-state index in [1.54, 1.807) is 32.2 Å². The summed E-state index contributed by atoms with van der Waals surface area (Å²) in [6.45, 7) is 3.98. The molecule has 1 aromatic heterocycles. The Morgan fingerprint density at radius 1 is 1.62 bits per heavy atom. The van der Waals surface area contributed by atoms with Crippen LogP contribution in [0, 0.1) is 6.07 Å². The zero-order chi connectivity index (χ0) is 9.73. The largest absolute Gasteiger partial charge is 0.478 e. The first kappa shape index (κ1) is 9.99. The smallest absolute Gasteiger partial charge is 0.213 e. The van der Waals surface area contributed by atoms with Gasteiger partial charge in [-0.1, -0.05) is 0 Å². The SMILES string of the molecule is CC(C)(O)CCOc1cc[c]cn1. The minimum Gasteiger partial charge on any atom is -0.478 e. The number of hydrogen-bond donors (Lipinski definition) is 1. The molecule has 3 heteroatoms. The number of rotatable bonds is 4. The number of aliphatic hydroxyl groups is 1. The minimum atomic E-state index is -0.680. The number of pyridine rings is 1. The molecule has 1 N–H and O–H groups in total. The summed E-state index contributed by atoms with van der Waals surface area (Å²) >= 11 is 0. The van der Waals surface area contributed by atoms with Crippen molar-refractivity contribution >= 4 is 0 Å². The number of aromatic nitrogens is 1. The normalized spacial score (nSPS) is 11.3. The summed E-state index contributed by atoms with van der Waals surface area (Å²) in [7, 11) is 0. The van der Waals surface area contributed by atoms with Gasteiger partial charge in [0.15, 0.2) is 0 Å². The summed E-state index contributed by atoms with van der Waals surface area (Å²) < 4.78 is 5.29. The Balaban J connectivity index is 2.29. The molecule has 0 spiro atoms. The van der Waals surface area contributed by atoms with Gasteiger partial charge in [0.2, 0.25) is 5.88 Å². The molecular formula is C10H14NO2. The lowest BCUT2D eigenvalue weighted by Crippen LogP contribution is -2.21. The third kappa shape index (κ3) is 4.48. The molecule has 0 atom stereocenters. The average Bonchev–Trinajstić information content (AvgIpc) is 2.04. The van der Waals surface area contributed by atoms with Crippen LogP contribution in [0.25, 0.3) is 0 Å². The lowest BCUT2D eigenvalue weighted by atomic mass is 10.1. The van der Waals surface area contributed by atoms with Crippen LogP contribution in [-0.4, -0.2) is 22.3 Å². The Bertz CT molecular complexity index is 241. The van der Waals surface area contributed by atoms with E-state index >= 15 is 0 Å². The molecule has 0 saturated heterocycles. The van der Waals surface area contributed by atoms with E-state index in [0.29, 0.717) is 18.9 Å². The molecular weight excluding hydrogens is 166 g/mol. The fraction of sp³-hybridized carbons (Fsp3) is 0.500. The predicted molar refractivity (Wildman–Crippen MR) is 49.5 cm³/mol. The van der Waals surface area contributed by atoms with Gasteiger partial charge in [0.05, 0.1) is 12.2 Å². The number of ether oxygens (including phenoxy) is 1. The lowest BCUT2D eigenvalue weighted by Gasteiger charge is -2.16. The summed E-state index contributed by atoms with van der Waals surface area (Å²) in [5.74, 6) is 0.572. The fourth-order valence-electron chi connectivity index (χ4n) is 0.797. The Kier molecular flexibility index (Phi) is 3.25. The van der Waals surface area contributed by atoms with Gasteiger partial charge in [-0.25, -0.2) is 4.98 Å². The first-order valence-electron chi connectivity index (χ1n) is 4.25. The van der Waals surface area contributed by atoms with E-state index in [4.69, 9.17) is 4.74 Å². The topological polar surface area (TPSA) is 42.4 Å². The maximum absolute atomic E-state index is 9.39. The van der Waals surface area contributed by atoms with Crippen molar-refractivity contribution in [2.45, 2.75) is 25.9 Å². The van der Waals surface area contributed by atoms with Gasteiger partial charge < -0.3 is 9.84 Å². The molecule has 1 heterocycles. The quantitative estimate of drug-likeness (QED) is 0.762. The first-order chi connectivity index (χ1) is 6.08. The van der Waals surface area contributed by atoms with Crippen molar-refractivity contribution in [1.82, 2.24) is 4.98 Å². The second-order valence-corrected chi connectivity index (χ2v) is 3.51. The van der Waals surface area contributed by atoms with Crippen LogP contribution in [0.1, 0.15) is 20.3 Å². The van der Waals surface area contributed by atoms with E-state index in [1.165, 1.54) is 0 Å². The van der Waals surface area contributed by atoms with Gasteiger partial charge in [-0.3, -0.25) is 0 Å². The monoisotopic (exact) mass is 180 g/mol. The van der Waals surface area contributed by atoms with Gasteiger partial charge >= 0.3 is 0 Å². The Morgan fingerprint density at radius 3 is 2.92 bits per heavy atom. The summed E-state index contributed by atoms with van der Waals surface area (Å²) in [4.78, 5) is 3.94. The zero-order valence-corrected chi connectivity index (χ0v) is 7.95. The van der Waals surface area contributed by atoms with Crippen molar-refractivity contribution in [2.75, 3.05) is 6.61 Å². The van der Waals surface area contributed by atoms with Crippen LogP contribution in [0.3, 0.4) is 0 Å². The molecule has 0 bridgehead atoms. The molecule has 0 fully saturated rings. The van der Waals surface area contributed by atoms with Crippen molar-refractivity contribution < 1.29 is 9.84 Å². The molecule has 0 saturated carbocycles. The lowest BCUT2D eigenvalue weighted by molar-refractivity contribution is 0.0547. The van der Waals surface area contributed by atoms with Crippen LogP contribution in [0.4, 0.5) is 0 Å². The van der Waals surface area contributed by atoms with Crippen LogP contribution in [0.2, 0.25) is 0 Å². The van der Waals surface area contributed by atoms with Gasteiger partial charge in [0.25, 0.3) is 0 Å². The van der Waals surface area contributed by atoms with E-state index < -0.39 is 5.60 Å². The summed E-state index contributed by atoms with van der Waals surface area (Å²) in [5.41, 5.74) is -0.680. The summed E-state index contributed by atoms with van der Waals surface area (Å²) in [6, 6.07) is 6.28. The molecule has 71 valence electrons. The first-order valence-corrected chi connectivity index (χ1v) is 4.25. The molecule has 1 aromatic rings. The van der Waals surface area contributed by atoms with Crippen LogP contribution in [0.5, 0.6) is 5.88 Å². The predicted octanol–water partition coefficient (Wildman–Crippen LogP) is 1.42. The molecule has 3 nitrogen and oxygen atoms in total. The molecule has 0 aliphatic rings. The maximum atomic E-state index is 9.39. The van der Waals surface area contributed by atoms with Gasteiger partial charge in [-0.2, -0.15) is 0 Å². The number of nitrogens with zero attached hydrogens (tertiary/aromatic N) is 1. The zero-order valence-electron chi connectivity index (χ0n) is 7.95. The highest BCUT2D eigenvalue weighted by atomic mass is 16.5. The number of hydrogen-bond acceptors (Lipinski definition) is 3. The fourth-order valence-corrected chi connectivity index (χ4v) is 0.797. The third-order valence-corrected chi connectivity index (χ3v) is 1.55. The van der Waals surface area contributed by atoms with Crippen molar-refractivity contribution in [2.24, 2.45) is 0 Å². The van der Waals surface area contributed by atoms with E-state index in [2.05, 4.69) is 11.1 Å². The van der Waals surface area contributed by atoms with Gasteiger partial charge in [0, 0.05) is 24.8 Å². The molecule has 0 unspecified atom stereocenters. The average molecular weight is 180 g/mol. The molecule has 13 heavy (non-hydrogen) atoms. The maximum Gasteiger partial charge on any atom is 0.213 e. The third-order valence-electron chi connectivity index (χ3n) is 1.55. The van der Waals surface area contributed by atoms with Crippen LogP contribution in [0.15, 0.2) is 18.3 Å². The molecule has 1 rings (SSSR count). The highest BCUT2D eigenvalue weighted by molar-refractivity contribution is 5.08. The molecule has 0 amide bonds. The van der Waals surface area contributed by atoms with E-state index in [9.17, 15) is 5.11 Å². The van der Waals surface area contributed by atoms with Gasteiger partial charge in [0.1, 0.15) is 0 Å². The minimum absolute atomic E-state index is 0.473. The van der Waals surface area contributed by atoms with Crippen molar-refractivity contribution in [3.63, 3.8) is 0 Å². The van der Waals surface area contributed by atoms with Crippen molar-refractivity contribution in [3.05, 3.63) is 24.4 Å². The van der Waals surface area contributed by atoms with Crippen LogP contribution >= 0.6 is 0 Å². The van der Waals surface area contributed by atoms with Crippen LogP contribution < -0.4 is 4.74 Å². The molecule has 1 radical (unpaired) electrons. The summed E-state index contributed by atoms with van der Waals surface area (Å²) in [6.07, 6.45) is 2.15. The Hall–Kier alpha value is -1.09. The van der Waals surface area contributed by atoms with Gasteiger partial charge in [-0.05, 0) is 19.9 Å². The van der Waals surface area contributed by atoms with E-state index in [1.807, 2.05) is 0 Å². The molecule has 0 aliphatic heterocycles. The highest BCUT2D eigenvalue weighted by Crippen LogP contribution is 2.09. The van der Waals surface area contributed by atoms with Crippen LogP contribution in [-0.2, 0) is 0 Å². The Labute approximate surface area is 78.4 Å². The van der Waals surface area contributed by atoms with E-state index in [-0.39, 0.29) is 0 Å². The molecule has 0 aromatic carbocycles. The summed E-state index contributed by atoms with van der Waals surface area (Å²) in [5, 5.41) is 9.39. The van der Waals surface area contributed by atoms with Crippen molar-refractivity contribution in [3.8, 4) is 5.88 Å². The van der Waals surface area contributed by atoms with Gasteiger partial charge in [-0.15, -0.1) is 0 Å². The molecule has 0 aliphatic carbocycles. The van der Waals surface area contributed by atoms with Crippen molar-refractivity contribution in [1.29, 1.82) is 0 Å². The Morgan fingerprint density at radius 2 is 2.38 bits per heavy atom.